The zero-order valence-corrected chi connectivity index (χ0v) is 18.7. The number of hydrogen-bond acceptors (Lipinski definition) is 5. The van der Waals surface area contributed by atoms with Crippen molar-refractivity contribution in [2.45, 2.75) is 62.9 Å². The molecule has 1 aromatic carbocycles. The van der Waals surface area contributed by atoms with Gasteiger partial charge in [0.05, 0.1) is 18.3 Å². The number of sulfonamides is 1. The molecule has 1 aromatic heterocycles. The number of nitrogens with zero attached hydrogens (tertiary/aromatic N) is 1. The number of carbonyl (C=O) groups is 1. The number of aryl methyl sites for hydroxylation is 1. The summed E-state index contributed by atoms with van der Waals surface area (Å²) in [6, 6.07) is 10.2. The molecular weight excluding hydrogens is 402 g/mol. The summed E-state index contributed by atoms with van der Waals surface area (Å²) in [5.41, 5.74) is 0.299. The van der Waals surface area contributed by atoms with Gasteiger partial charge in [0, 0.05) is 13.1 Å². The summed E-state index contributed by atoms with van der Waals surface area (Å²) in [5, 5.41) is 5.85. The predicted molar refractivity (Wildman–Crippen MR) is 117 cm³/mol. The Morgan fingerprint density at radius 3 is 2.53 bits per heavy atom. The number of hydrogen-bond donors (Lipinski definition) is 2. The Morgan fingerprint density at radius 1 is 1.17 bits per heavy atom. The van der Waals surface area contributed by atoms with Crippen molar-refractivity contribution in [1.82, 2.24) is 9.62 Å². The average molecular weight is 434 g/mol. The zero-order valence-electron chi connectivity index (χ0n) is 17.8. The number of furan rings is 1. The molecule has 1 saturated carbocycles. The summed E-state index contributed by atoms with van der Waals surface area (Å²) >= 11 is 0. The fraction of sp³-hybridized carbons (Fsp3) is 0.500. The maximum absolute atomic E-state index is 13.2. The lowest BCUT2D eigenvalue weighted by Crippen LogP contribution is -2.38. The van der Waals surface area contributed by atoms with Crippen molar-refractivity contribution in [1.29, 1.82) is 0 Å². The van der Waals surface area contributed by atoms with E-state index in [-0.39, 0.29) is 29.4 Å². The maximum atomic E-state index is 13.2. The smallest absolute Gasteiger partial charge is 0.245 e. The van der Waals surface area contributed by atoms with Crippen LogP contribution in [-0.2, 0) is 14.8 Å². The van der Waals surface area contributed by atoms with Crippen LogP contribution in [0, 0.1) is 6.92 Å². The molecule has 0 spiro atoms. The second-order valence-corrected chi connectivity index (χ2v) is 9.87. The number of benzene rings is 1. The summed E-state index contributed by atoms with van der Waals surface area (Å²) in [7, 11) is -2.07. The number of carbonyl (C=O) groups excluding carboxylic acids is 1. The third kappa shape index (κ3) is 5.30. The molecule has 8 heteroatoms. The fourth-order valence-corrected chi connectivity index (χ4v) is 5.38. The molecule has 164 valence electrons. The predicted octanol–water partition coefficient (Wildman–Crippen LogP) is 3.83. The molecular formula is C22H31N3O4S. The molecule has 2 N–H and O–H groups in total. The van der Waals surface area contributed by atoms with Crippen LogP contribution in [0.4, 0.5) is 5.69 Å². The summed E-state index contributed by atoms with van der Waals surface area (Å²) in [6.07, 6.45) is 4.99. The molecule has 1 heterocycles. The van der Waals surface area contributed by atoms with Crippen LogP contribution in [0.1, 0.15) is 56.6 Å². The third-order valence-corrected chi connectivity index (χ3v) is 7.63. The number of amides is 1. The van der Waals surface area contributed by atoms with Gasteiger partial charge in [-0.1, -0.05) is 31.4 Å². The van der Waals surface area contributed by atoms with Gasteiger partial charge < -0.3 is 9.73 Å². The van der Waals surface area contributed by atoms with Crippen LogP contribution in [0.15, 0.2) is 45.7 Å². The summed E-state index contributed by atoms with van der Waals surface area (Å²) in [6.45, 7) is 3.81. The van der Waals surface area contributed by atoms with Crippen LogP contribution in [0.5, 0.6) is 0 Å². The first-order valence-corrected chi connectivity index (χ1v) is 11.9. The van der Waals surface area contributed by atoms with Gasteiger partial charge >= 0.3 is 0 Å². The molecule has 0 radical (unpaired) electrons. The Balaban J connectivity index is 1.67. The van der Waals surface area contributed by atoms with Gasteiger partial charge in [0.1, 0.15) is 16.4 Å². The maximum Gasteiger partial charge on any atom is 0.245 e. The topological polar surface area (TPSA) is 91.7 Å². The van der Waals surface area contributed by atoms with E-state index in [1.165, 1.54) is 4.31 Å². The van der Waals surface area contributed by atoms with Crippen molar-refractivity contribution in [2.75, 3.05) is 18.9 Å². The first kappa shape index (κ1) is 22.5. The van der Waals surface area contributed by atoms with Crippen LogP contribution in [-0.4, -0.2) is 38.3 Å². The fourth-order valence-electron chi connectivity index (χ4n) is 3.82. The first-order valence-electron chi connectivity index (χ1n) is 10.5. The van der Waals surface area contributed by atoms with Crippen LogP contribution in [0.2, 0.25) is 0 Å². The quantitative estimate of drug-likeness (QED) is 0.660. The summed E-state index contributed by atoms with van der Waals surface area (Å²) in [4.78, 5) is 12.6. The van der Waals surface area contributed by atoms with E-state index in [0.29, 0.717) is 5.69 Å². The lowest BCUT2D eigenvalue weighted by Gasteiger charge is -2.30. The largest absolute Gasteiger partial charge is 0.465 e. The molecule has 30 heavy (non-hydrogen) atoms. The van der Waals surface area contributed by atoms with Crippen LogP contribution in [0.25, 0.3) is 0 Å². The standard InChI is InChI=1S/C22H31N3O4S/c1-16-13-14-20(29-16)17(2)23-15-22(26)24-19-11-7-8-12-21(19)30(27,28)25(3)18-9-5-4-6-10-18/h7-8,11-14,17-18,23H,4-6,9-10,15H2,1-3H3,(H,24,26). The van der Waals surface area contributed by atoms with Gasteiger partial charge in [-0.2, -0.15) is 4.31 Å². The van der Waals surface area contributed by atoms with Crippen LogP contribution in [0.3, 0.4) is 0 Å². The second-order valence-electron chi connectivity index (χ2n) is 7.91. The van der Waals surface area contributed by atoms with Gasteiger partial charge in [0.2, 0.25) is 15.9 Å². The molecule has 1 unspecified atom stereocenters. The van der Waals surface area contributed by atoms with E-state index in [4.69, 9.17) is 4.42 Å². The molecule has 3 rings (SSSR count). The van der Waals surface area contributed by atoms with E-state index < -0.39 is 10.0 Å². The van der Waals surface area contributed by atoms with Crippen molar-refractivity contribution in [3.63, 3.8) is 0 Å². The van der Waals surface area contributed by atoms with Gasteiger partial charge in [0.15, 0.2) is 0 Å². The van der Waals surface area contributed by atoms with Crippen molar-refractivity contribution < 1.29 is 17.6 Å². The molecule has 1 aliphatic carbocycles. The monoisotopic (exact) mass is 433 g/mol. The van der Waals surface area contributed by atoms with Crippen molar-refractivity contribution in [3.05, 3.63) is 47.9 Å². The molecule has 0 bridgehead atoms. The zero-order chi connectivity index (χ0) is 21.7. The third-order valence-electron chi connectivity index (χ3n) is 5.66. The SMILES string of the molecule is Cc1ccc(C(C)NCC(=O)Nc2ccccc2S(=O)(=O)N(C)C2CCCCC2)o1. The molecule has 0 aliphatic heterocycles. The van der Waals surface area contributed by atoms with Gasteiger partial charge in [-0.15, -0.1) is 0 Å². The minimum absolute atomic E-state index is 0.00627. The number of nitrogens with one attached hydrogen (secondary N) is 2. The van der Waals surface area contributed by atoms with Gasteiger partial charge in [-0.3, -0.25) is 10.1 Å². The van der Waals surface area contributed by atoms with Crippen LogP contribution < -0.4 is 10.6 Å². The minimum Gasteiger partial charge on any atom is -0.465 e. The van der Waals surface area contributed by atoms with Gasteiger partial charge in [-0.05, 0) is 51.0 Å². The molecule has 0 saturated heterocycles. The molecule has 7 nitrogen and oxygen atoms in total. The van der Waals surface area contributed by atoms with Crippen molar-refractivity contribution in [3.8, 4) is 0 Å². The Morgan fingerprint density at radius 2 is 1.87 bits per heavy atom. The van der Waals surface area contributed by atoms with E-state index in [2.05, 4.69) is 10.6 Å². The van der Waals surface area contributed by atoms with E-state index in [1.807, 2.05) is 26.0 Å². The van der Waals surface area contributed by atoms with Gasteiger partial charge in [-0.25, -0.2) is 8.42 Å². The number of para-hydroxylation sites is 1. The second kappa shape index (κ2) is 9.76. The molecule has 2 aromatic rings. The Bertz CT molecular complexity index is 964. The summed E-state index contributed by atoms with van der Waals surface area (Å²) < 4.78 is 33.5. The van der Waals surface area contributed by atoms with E-state index >= 15 is 0 Å². The molecule has 1 atom stereocenters. The van der Waals surface area contributed by atoms with Crippen molar-refractivity contribution in [2.24, 2.45) is 0 Å². The molecule has 1 fully saturated rings. The average Bonchev–Trinajstić information content (AvgIpc) is 3.19. The first-order chi connectivity index (χ1) is 14.3. The van der Waals surface area contributed by atoms with E-state index in [9.17, 15) is 13.2 Å². The highest BCUT2D eigenvalue weighted by Gasteiger charge is 2.31. The highest BCUT2D eigenvalue weighted by Crippen LogP contribution is 2.29. The number of anilines is 1. The van der Waals surface area contributed by atoms with Crippen molar-refractivity contribution >= 4 is 21.6 Å². The molecule has 1 amide bonds. The Kier molecular flexibility index (Phi) is 7.33. The Labute approximate surface area is 178 Å². The molecule has 1 aliphatic rings. The lowest BCUT2D eigenvalue weighted by molar-refractivity contribution is -0.115. The van der Waals surface area contributed by atoms with E-state index in [0.717, 1.165) is 43.6 Å². The van der Waals surface area contributed by atoms with Gasteiger partial charge in [0.25, 0.3) is 0 Å². The number of rotatable bonds is 8. The lowest BCUT2D eigenvalue weighted by atomic mass is 9.96. The Hall–Kier alpha value is -2.16. The normalized spacial score (nSPS) is 16.5. The van der Waals surface area contributed by atoms with E-state index in [1.54, 1.807) is 31.3 Å². The van der Waals surface area contributed by atoms with Crippen LogP contribution >= 0.6 is 0 Å². The minimum atomic E-state index is -3.70. The highest BCUT2D eigenvalue weighted by atomic mass is 32.2. The summed E-state index contributed by atoms with van der Waals surface area (Å²) in [5.74, 6) is 1.25. The highest BCUT2D eigenvalue weighted by molar-refractivity contribution is 7.89.